The third-order valence-corrected chi connectivity index (χ3v) is 2.95. The number of rotatable bonds is 1. The molecule has 0 bridgehead atoms. The second kappa shape index (κ2) is 3.42. The van der Waals surface area contributed by atoms with Crippen molar-refractivity contribution in [3.63, 3.8) is 0 Å². The highest BCUT2D eigenvalue weighted by Crippen LogP contribution is 2.26. The maximum atomic E-state index is 5.89. The van der Waals surface area contributed by atoms with Crippen LogP contribution in [-0.4, -0.2) is 18.1 Å². The van der Waals surface area contributed by atoms with E-state index >= 15 is 0 Å². The van der Waals surface area contributed by atoms with Crippen LogP contribution < -0.4 is 4.90 Å². The van der Waals surface area contributed by atoms with Gasteiger partial charge in [0, 0.05) is 24.2 Å². The predicted molar refractivity (Wildman–Crippen MR) is 60.5 cm³/mol. The van der Waals surface area contributed by atoms with Gasteiger partial charge in [0.1, 0.15) is 5.52 Å². The molecule has 0 amide bonds. The summed E-state index contributed by atoms with van der Waals surface area (Å²) in [7, 11) is 0. The number of anilines is 1. The highest BCUT2D eigenvalue weighted by atomic mass is 35.5. The summed E-state index contributed by atoms with van der Waals surface area (Å²) in [6.07, 6.45) is 2.44. The molecule has 0 radical (unpaired) electrons. The van der Waals surface area contributed by atoms with Gasteiger partial charge in [0.05, 0.1) is 0 Å². The van der Waals surface area contributed by atoms with E-state index in [1.165, 1.54) is 12.8 Å². The van der Waals surface area contributed by atoms with Gasteiger partial charge in [-0.1, -0.05) is 11.6 Å². The molecule has 3 nitrogen and oxygen atoms in total. The van der Waals surface area contributed by atoms with E-state index in [-0.39, 0.29) is 0 Å². The second-order valence-corrected chi connectivity index (χ2v) is 4.24. The average molecular weight is 223 g/mol. The fourth-order valence-corrected chi connectivity index (χ4v) is 2.09. The minimum Gasteiger partial charge on any atom is -0.423 e. The minimum atomic E-state index is 0.687. The quantitative estimate of drug-likeness (QED) is 0.743. The molecular weight excluding hydrogens is 212 g/mol. The van der Waals surface area contributed by atoms with Crippen molar-refractivity contribution < 1.29 is 4.42 Å². The molecule has 0 atom stereocenters. The van der Waals surface area contributed by atoms with Crippen LogP contribution in [0.4, 0.5) is 6.01 Å². The Morgan fingerprint density at radius 2 is 2.07 bits per heavy atom. The van der Waals surface area contributed by atoms with Crippen molar-refractivity contribution in [1.82, 2.24) is 4.98 Å². The average Bonchev–Trinajstić information content (AvgIpc) is 2.84. The third kappa shape index (κ3) is 1.57. The Kier molecular flexibility index (Phi) is 2.06. The van der Waals surface area contributed by atoms with Gasteiger partial charge in [-0.3, -0.25) is 0 Å². The maximum absolute atomic E-state index is 5.89. The zero-order valence-corrected chi connectivity index (χ0v) is 9.00. The number of nitrogens with zero attached hydrogens (tertiary/aromatic N) is 2. The minimum absolute atomic E-state index is 0.687. The molecule has 4 heteroatoms. The normalized spacial score (nSPS) is 16.5. The van der Waals surface area contributed by atoms with Gasteiger partial charge in [-0.05, 0) is 25.0 Å². The van der Waals surface area contributed by atoms with Gasteiger partial charge in [-0.25, -0.2) is 0 Å². The molecule has 0 saturated carbocycles. The molecule has 2 aromatic rings. The summed E-state index contributed by atoms with van der Waals surface area (Å²) in [5.41, 5.74) is 1.64. The Morgan fingerprint density at radius 3 is 2.87 bits per heavy atom. The van der Waals surface area contributed by atoms with Crippen molar-refractivity contribution in [2.45, 2.75) is 12.8 Å². The van der Waals surface area contributed by atoms with Crippen LogP contribution in [0.2, 0.25) is 5.02 Å². The lowest BCUT2D eigenvalue weighted by atomic mass is 10.3. The Bertz CT molecular complexity index is 488. The molecule has 0 unspecified atom stereocenters. The molecule has 1 fully saturated rings. The fourth-order valence-electron chi connectivity index (χ4n) is 1.93. The molecular formula is C11H11ClN2O. The van der Waals surface area contributed by atoms with Crippen LogP contribution in [0.3, 0.4) is 0 Å². The van der Waals surface area contributed by atoms with E-state index < -0.39 is 0 Å². The molecule has 2 heterocycles. The molecule has 1 aromatic heterocycles. The Balaban J connectivity index is 2.05. The summed E-state index contributed by atoms with van der Waals surface area (Å²) in [6, 6.07) is 6.26. The number of oxazole rings is 1. The Hall–Kier alpha value is -1.22. The van der Waals surface area contributed by atoms with Crippen LogP contribution in [0, 0.1) is 0 Å². The van der Waals surface area contributed by atoms with Crippen molar-refractivity contribution in [3.05, 3.63) is 23.2 Å². The number of hydrogen-bond acceptors (Lipinski definition) is 3. The van der Waals surface area contributed by atoms with E-state index in [1.807, 2.05) is 18.2 Å². The first-order valence-corrected chi connectivity index (χ1v) is 5.52. The molecule has 1 aromatic carbocycles. The van der Waals surface area contributed by atoms with Crippen LogP contribution in [-0.2, 0) is 0 Å². The van der Waals surface area contributed by atoms with E-state index in [0.717, 1.165) is 30.2 Å². The van der Waals surface area contributed by atoms with Crippen LogP contribution in [0.15, 0.2) is 22.6 Å². The third-order valence-electron chi connectivity index (χ3n) is 2.72. The van der Waals surface area contributed by atoms with Gasteiger partial charge in [0.15, 0.2) is 5.58 Å². The molecule has 78 valence electrons. The van der Waals surface area contributed by atoms with Crippen LogP contribution in [0.5, 0.6) is 0 Å². The fraction of sp³-hybridized carbons (Fsp3) is 0.364. The molecule has 0 aliphatic carbocycles. The van der Waals surface area contributed by atoms with Crippen LogP contribution in [0.1, 0.15) is 12.8 Å². The van der Waals surface area contributed by atoms with E-state index in [1.54, 1.807) is 0 Å². The SMILES string of the molecule is Clc1ccc2nc(N3CCCC3)oc2c1. The van der Waals surface area contributed by atoms with E-state index in [2.05, 4.69) is 9.88 Å². The highest BCUT2D eigenvalue weighted by molar-refractivity contribution is 6.31. The predicted octanol–water partition coefficient (Wildman–Crippen LogP) is 3.08. The summed E-state index contributed by atoms with van der Waals surface area (Å²) in [5.74, 6) is 0. The van der Waals surface area contributed by atoms with Gasteiger partial charge in [0.2, 0.25) is 0 Å². The van der Waals surface area contributed by atoms with E-state index in [9.17, 15) is 0 Å². The second-order valence-electron chi connectivity index (χ2n) is 3.80. The molecule has 3 rings (SSSR count). The number of halogens is 1. The van der Waals surface area contributed by atoms with Crippen molar-refractivity contribution >= 4 is 28.7 Å². The van der Waals surface area contributed by atoms with Gasteiger partial charge in [0.25, 0.3) is 6.01 Å². The molecule has 1 aliphatic heterocycles. The van der Waals surface area contributed by atoms with Crippen molar-refractivity contribution in [3.8, 4) is 0 Å². The first-order valence-electron chi connectivity index (χ1n) is 5.14. The molecule has 15 heavy (non-hydrogen) atoms. The molecule has 0 N–H and O–H groups in total. The lowest BCUT2D eigenvalue weighted by Crippen LogP contribution is -2.17. The summed E-state index contributed by atoms with van der Waals surface area (Å²) in [4.78, 5) is 6.61. The summed E-state index contributed by atoms with van der Waals surface area (Å²) < 4.78 is 5.66. The number of benzene rings is 1. The largest absolute Gasteiger partial charge is 0.423 e. The molecule has 1 aliphatic rings. The first-order chi connectivity index (χ1) is 7.33. The summed E-state index contributed by atoms with van der Waals surface area (Å²) in [5, 5.41) is 0.687. The first kappa shape index (κ1) is 9.04. The zero-order chi connectivity index (χ0) is 10.3. The Morgan fingerprint density at radius 1 is 1.27 bits per heavy atom. The lowest BCUT2D eigenvalue weighted by molar-refractivity contribution is 0.585. The van der Waals surface area contributed by atoms with Crippen molar-refractivity contribution in [2.75, 3.05) is 18.0 Å². The molecule has 0 spiro atoms. The van der Waals surface area contributed by atoms with Crippen LogP contribution in [0.25, 0.3) is 11.1 Å². The number of fused-ring (bicyclic) bond motifs is 1. The summed E-state index contributed by atoms with van der Waals surface area (Å²) >= 11 is 5.89. The smallest absolute Gasteiger partial charge is 0.298 e. The van der Waals surface area contributed by atoms with E-state index in [0.29, 0.717) is 5.02 Å². The monoisotopic (exact) mass is 222 g/mol. The van der Waals surface area contributed by atoms with Crippen molar-refractivity contribution in [1.29, 1.82) is 0 Å². The number of hydrogen-bond donors (Lipinski definition) is 0. The Labute approximate surface area is 92.6 Å². The lowest BCUT2D eigenvalue weighted by Gasteiger charge is -2.10. The highest BCUT2D eigenvalue weighted by Gasteiger charge is 2.17. The zero-order valence-electron chi connectivity index (χ0n) is 8.24. The maximum Gasteiger partial charge on any atom is 0.298 e. The van der Waals surface area contributed by atoms with Crippen LogP contribution >= 0.6 is 11.6 Å². The van der Waals surface area contributed by atoms with Gasteiger partial charge >= 0.3 is 0 Å². The standard InChI is InChI=1S/C11H11ClN2O/c12-8-3-4-9-10(7-8)15-11(13-9)14-5-1-2-6-14/h3-4,7H,1-2,5-6H2. The molecule has 1 saturated heterocycles. The topological polar surface area (TPSA) is 29.3 Å². The van der Waals surface area contributed by atoms with E-state index in [4.69, 9.17) is 16.0 Å². The van der Waals surface area contributed by atoms with Crippen molar-refractivity contribution in [2.24, 2.45) is 0 Å². The van der Waals surface area contributed by atoms with Gasteiger partial charge < -0.3 is 9.32 Å². The summed E-state index contributed by atoms with van der Waals surface area (Å²) in [6.45, 7) is 2.08. The van der Waals surface area contributed by atoms with Gasteiger partial charge in [-0.15, -0.1) is 0 Å². The van der Waals surface area contributed by atoms with Gasteiger partial charge in [-0.2, -0.15) is 4.98 Å². The number of aromatic nitrogens is 1.